The molecule has 0 amide bonds. The highest BCUT2D eigenvalue weighted by Gasteiger charge is 2.19. The smallest absolute Gasteiger partial charge is 0.130 e. The Hall–Kier alpha value is -1.46. The van der Waals surface area contributed by atoms with Crippen molar-refractivity contribution >= 4 is 16.5 Å². The Morgan fingerprint density at radius 2 is 2.00 bits per heavy atom. The van der Waals surface area contributed by atoms with Gasteiger partial charge < -0.3 is 10.2 Å². The zero-order chi connectivity index (χ0) is 13.6. The first-order valence-electron chi connectivity index (χ1n) is 7.20. The van der Waals surface area contributed by atoms with Gasteiger partial charge in [-0.15, -0.1) is 5.10 Å². The lowest BCUT2D eigenvalue weighted by Gasteiger charge is -2.32. The van der Waals surface area contributed by atoms with Crippen LogP contribution in [0.5, 0.6) is 0 Å². The summed E-state index contributed by atoms with van der Waals surface area (Å²) in [7, 11) is 0. The van der Waals surface area contributed by atoms with Gasteiger partial charge in [0.05, 0.1) is 6.20 Å². The van der Waals surface area contributed by atoms with Gasteiger partial charge in [0.25, 0.3) is 0 Å². The van der Waals surface area contributed by atoms with Gasteiger partial charge in [-0.3, -0.25) is 0 Å². The molecule has 0 radical (unpaired) electrons. The molecular weight excluding hydrogens is 268 g/mol. The first-order chi connectivity index (χ1) is 9.90. The van der Waals surface area contributed by atoms with E-state index in [1.54, 1.807) is 0 Å². The van der Waals surface area contributed by atoms with Crippen molar-refractivity contribution in [3.05, 3.63) is 42.1 Å². The van der Waals surface area contributed by atoms with Gasteiger partial charge in [-0.05, 0) is 24.8 Å². The summed E-state index contributed by atoms with van der Waals surface area (Å²) in [6.07, 6.45) is 5.36. The minimum atomic E-state index is 0.574. The Kier molecular flexibility index (Phi) is 4.61. The summed E-state index contributed by atoms with van der Waals surface area (Å²) >= 11 is 1.44. The normalized spacial score (nSPS) is 17.2. The van der Waals surface area contributed by atoms with E-state index in [4.69, 9.17) is 0 Å². The van der Waals surface area contributed by atoms with Crippen LogP contribution < -0.4 is 5.32 Å². The van der Waals surface area contributed by atoms with Crippen LogP contribution in [0.3, 0.4) is 0 Å². The molecule has 0 saturated carbocycles. The second kappa shape index (κ2) is 6.81. The molecule has 0 atom stereocenters. The third kappa shape index (κ3) is 3.77. The number of hydrogen-bond acceptors (Lipinski definition) is 5. The molecule has 106 valence electrons. The van der Waals surface area contributed by atoms with Gasteiger partial charge in [0.1, 0.15) is 5.00 Å². The van der Waals surface area contributed by atoms with Crippen molar-refractivity contribution in [1.29, 1.82) is 0 Å². The van der Waals surface area contributed by atoms with Crippen LogP contribution in [-0.2, 0) is 6.42 Å². The van der Waals surface area contributed by atoms with E-state index in [9.17, 15) is 0 Å². The molecule has 0 spiro atoms. The largest absolute Gasteiger partial charge is 0.372 e. The molecule has 0 bridgehead atoms. The summed E-state index contributed by atoms with van der Waals surface area (Å²) in [5.74, 6) is 0. The average molecular weight is 288 g/mol. The standard InChI is InChI=1S/C15H20N4S/c1-2-4-13(5-3-1)6-9-19-10-7-14(8-11-19)17-15-12-16-18-20-15/h1-5,12,14,17H,6-11H2. The quantitative estimate of drug-likeness (QED) is 0.918. The molecule has 2 heterocycles. The fourth-order valence-corrected chi connectivity index (χ4v) is 3.16. The number of hydrogen-bond donors (Lipinski definition) is 1. The van der Waals surface area contributed by atoms with E-state index in [2.05, 4.69) is 50.1 Å². The van der Waals surface area contributed by atoms with Gasteiger partial charge in [-0.1, -0.05) is 34.8 Å². The summed E-state index contributed by atoms with van der Waals surface area (Å²) < 4.78 is 3.88. The molecule has 1 fully saturated rings. The van der Waals surface area contributed by atoms with E-state index in [0.29, 0.717) is 6.04 Å². The molecule has 5 heteroatoms. The summed E-state index contributed by atoms with van der Waals surface area (Å²) in [5.41, 5.74) is 1.43. The highest BCUT2D eigenvalue weighted by Crippen LogP contribution is 2.18. The van der Waals surface area contributed by atoms with Crippen molar-refractivity contribution in [2.75, 3.05) is 25.0 Å². The number of nitrogens with zero attached hydrogens (tertiary/aromatic N) is 3. The van der Waals surface area contributed by atoms with Crippen molar-refractivity contribution in [2.24, 2.45) is 0 Å². The van der Waals surface area contributed by atoms with E-state index >= 15 is 0 Å². The molecule has 20 heavy (non-hydrogen) atoms. The maximum atomic E-state index is 3.88. The number of likely N-dealkylation sites (tertiary alicyclic amines) is 1. The Balaban J connectivity index is 1.40. The third-order valence-electron chi connectivity index (χ3n) is 3.85. The maximum absolute atomic E-state index is 3.88. The molecule has 1 aliphatic heterocycles. The monoisotopic (exact) mass is 288 g/mol. The van der Waals surface area contributed by atoms with Gasteiger partial charge in [-0.2, -0.15) is 0 Å². The number of benzene rings is 1. The number of nitrogens with one attached hydrogen (secondary N) is 1. The van der Waals surface area contributed by atoms with Crippen LogP contribution in [-0.4, -0.2) is 40.2 Å². The van der Waals surface area contributed by atoms with Gasteiger partial charge in [0.2, 0.25) is 0 Å². The minimum Gasteiger partial charge on any atom is -0.372 e. The summed E-state index contributed by atoms with van der Waals surface area (Å²) in [4.78, 5) is 2.57. The van der Waals surface area contributed by atoms with Crippen LogP contribution in [0.4, 0.5) is 5.00 Å². The van der Waals surface area contributed by atoms with Crippen LogP contribution in [0.15, 0.2) is 36.5 Å². The molecule has 0 aliphatic carbocycles. The molecule has 1 aliphatic rings. The fraction of sp³-hybridized carbons (Fsp3) is 0.467. The molecule has 1 aromatic heterocycles. The van der Waals surface area contributed by atoms with Crippen molar-refractivity contribution in [2.45, 2.75) is 25.3 Å². The first-order valence-corrected chi connectivity index (χ1v) is 7.98. The molecular formula is C15H20N4S. The lowest BCUT2D eigenvalue weighted by Crippen LogP contribution is -2.39. The molecule has 4 nitrogen and oxygen atoms in total. The van der Waals surface area contributed by atoms with E-state index < -0.39 is 0 Å². The highest BCUT2D eigenvalue weighted by molar-refractivity contribution is 7.09. The van der Waals surface area contributed by atoms with Crippen LogP contribution in [0.1, 0.15) is 18.4 Å². The van der Waals surface area contributed by atoms with Crippen molar-refractivity contribution in [3.63, 3.8) is 0 Å². The van der Waals surface area contributed by atoms with Gasteiger partial charge >= 0.3 is 0 Å². The molecule has 1 aromatic carbocycles. The molecule has 1 N–H and O–H groups in total. The highest BCUT2D eigenvalue weighted by atomic mass is 32.1. The molecule has 2 aromatic rings. The molecule has 1 saturated heterocycles. The summed E-state index contributed by atoms with van der Waals surface area (Å²) in [5, 5.41) is 8.47. The maximum Gasteiger partial charge on any atom is 0.130 e. The Morgan fingerprint density at radius 3 is 2.70 bits per heavy atom. The second-order valence-electron chi connectivity index (χ2n) is 5.28. The zero-order valence-electron chi connectivity index (χ0n) is 11.5. The Labute approximate surface area is 124 Å². The summed E-state index contributed by atoms with van der Waals surface area (Å²) in [6, 6.07) is 11.3. The SMILES string of the molecule is c1ccc(CCN2CCC(Nc3cnns3)CC2)cc1. The zero-order valence-corrected chi connectivity index (χ0v) is 12.4. The fourth-order valence-electron chi connectivity index (χ4n) is 2.66. The Bertz CT molecular complexity index is 492. The minimum absolute atomic E-state index is 0.574. The van der Waals surface area contributed by atoms with Crippen molar-refractivity contribution in [3.8, 4) is 0 Å². The van der Waals surface area contributed by atoms with E-state index in [0.717, 1.165) is 11.4 Å². The lowest BCUT2D eigenvalue weighted by atomic mass is 10.0. The number of anilines is 1. The van der Waals surface area contributed by atoms with Gasteiger partial charge in [0.15, 0.2) is 0 Å². The van der Waals surface area contributed by atoms with Gasteiger partial charge in [-0.25, -0.2) is 0 Å². The second-order valence-corrected chi connectivity index (χ2v) is 6.06. The lowest BCUT2D eigenvalue weighted by molar-refractivity contribution is 0.221. The Morgan fingerprint density at radius 1 is 1.20 bits per heavy atom. The van der Waals surface area contributed by atoms with Gasteiger partial charge in [0, 0.05) is 37.2 Å². The van der Waals surface area contributed by atoms with Crippen molar-refractivity contribution < 1.29 is 0 Å². The predicted octanol–water partition coefficient (Wildman–Crippen LogP) is 2.66. The third-order valence-corrected chi connectivity index (χ3v) is 4.45. The average Bonchev–Trinajstić information content (AvgIpc) is 3.01. The van der Waals surface area contributed by atoms with E-state index in [1.807, 2.05) is 6.20 Å². The molecule has 3 rings (SSSR count). The van der Waals surface area contributed by atoms with E-state index in [1.165, 1.54) is 49.6 Å². The first kappa shape index (κ1) is 13.5. The van der Waals surface area contributed by atoms with Crippen molar-refractivity contribution in [1.82, 2.24) is 14.5 Å². The number of aromatic nitrogens is 2. The van der Waals surface area contributed by atoms with Crippen LogP contribution in [0, 0.1) is 0 Å². The topological polar surface area (TPSA) is 41.0 Å². The van der Waals surface area contributed by atoms with Crippen LogP contribution >= 0.6 is 11.5 Å². The number of rotatable bonds is 5. The van der Waals surface area contributed by atoms with E-state index in [-0.39, 0.29) is 0 Å². The van der Waals surface area contributed by atoms with Crippen LogP contribution in [0.25, 0.3) is 0 Å². The molecule has 0 unspecified atom stereocenters. The number of piperidine rings is 1. The predicted molar refractivity (Wildman–Crippen MR) is 83.1 cm³/mol. The summed E-state index contributed by atoms with van der Waals surface area (Å²) in [6.45, 7) is 3.52. The van der Waals surface area contributed by atoms with Crippen LogP contribution in [0.2, 0.25) is 0 Å².